The molecule has 0 spiro atoms. The quantitative estimate of drug-likeness (QED) is 0.378. The Hall–Kier alpha value is -4.04. The summed E-state index contributed by atoms with van der Waals surface area (Å²) in [6, 6.07) is 16.4. The van der Waals surface area contributed by atoms with Crippen LogP contribution in [0.1, 0.15) is 41.9 Å². The number of nitrogens with zero attached hydrogens (tertiary/aromatic N) is 6. The Morgan fingerprint density at radius 1 is 1.00 bits per heavy atom. The number of hydrogen-bond donors (Lipinski definition) is 2. The van der Waals surface area contributed by atoms with Gasteiger partial charge in [0.2, 0.25) is 5.95 Å². The zero-order chi connectivity index (χ0) is 25.8. The van der Waals surface area contributed by atoms with Gasteiger partial charge in [-0.25, -0.2) is 9.97 Å². The topological polar surface area (TPSA) is 96.1 Å². The van der Waals surface area contributed by atoms with Crippen molar-refractivity contribution in [2.75, 3.05) is 49.2 Å². The molecule has 190 valence electrons. The molecule has 1 aromatic carbocycles. The van der Waals surface area contributed by atoms with E-state index < -0.39 is 0 Å². The van der Waals surface area contributed by atoms with Gasteiger partial charge in [0.25, 0.3) is 0 Å². The molecule has 1 atom stereocenters. The van der Waals surface area contributed by atoms with Crippen molar-refractivity contribution in [2.24, 2.45) is 0 Å². The summed E-state index contributed by atoms with van der Waals surface area (Å²) in [6.45, 7) is 8.06. The third kappa shape index (κ3) is 5.54. The molecule has 1 unspecified atom stereocenters. The Morgan fingerprint density at radius 2 is 1.78 bits per heavy atom. The molecular formula is C29H34N8. The maximum atomic E-state index is 6.10. The maximum Gasteiger partial charge on any atom is 0.222 e. The van der Waals surface area contributed by atoms with Crippen molar-refractivity contribution < 1.29 is 0 Å². The zero-order valence-corrected chi connectivity index (χ0v) is 21.7. The van der Waals surface area contributed by atoms with Crippen LogP contribution < -0.4 is 16.0 Å². The number of likely N-dealkylation sites (N-methyl/N-ethyl adjacent to an activating group) is 1. The monoisotopic (exact) mass is 494 g/mol. The lowest BCUT2D eigenvalue weighted by molar-refractivity contribution is 0.311. The highest BCUT2D eigenvalue weighted by Crippen LogP contribution is 2.34. The van der Waals surface area contributed by atoms with E-state index in [1.807, 2.05) is 43.3 Å². The largest absolute Gasteiger partial charge is 0.368 e. The second-order valence-corrected chi connectivity index (χ2v) is 9.51. The molecule has 4 heterocycles. The van der Waals surface area contributed by atoms with E-state index in [-0.39, 0.29) is 12.0 Å². The van der Waals surface area contributed by atoms with Crippen molar-refractivity contribution in [3.05, 3.63) is 77.2 Å². The minimum Gasteiger partial charge on any atom is -0.368 e. The number of pyridine rings is 2. The van der Waals surface area contributed by atoms with Gasteiger partial charge < -0.3 is 20.9 Å². The number of aromatic nitrogens is 4. The highest BCUT2D eigenvalue weighted by Gasteiger charge is 2.24. The second kappa shape index (κ2) is 10.9. The number of fused-ring (bicyclic) bond motifs is 1. The minimum atomic E-state index is -0.0116. The summed E-state index contributed by atoms with van der Waals surface area (Å²) in [7, 11) is 2.17. The molecular weight excluding hydrogens is 460 g/mol. The van der Waals surface area contributed by atoms with Crippen LogP contribution in [-0.4, -0.2) is 58.1 Å². The molecule has 1 aliphatic heterocycles. The number of nitrogen functional groups attached to an aromatic ring is 1. The highest BCUT2D eigenvalue weighted by molar-refractivity contribution is 5.83. The van der Waals surface area contributed by atoms with Crippen LogP contribution in [0.3, 0.4) is 0 Å². The smallest absolute Gasteiger partial charge is 0.222 e. The van der Waals surface area contributed by atoms with Crippen molar-refractivity contribution in [1.82, 2.24) is 24.8 Å². The van der Waals surface area contributed by atoms with Gasteiger partial charge in [0, 0.05) is 48.9 Å². The molecule has 1 saturated heterocycles. The molecule has 3 aromatic heterocycles. The average Bonchev–Trinajstić information content (AvgIpc) is 2.91. The Balaban J connectivity index is 1.55. The molecule has 37 heavy (non-hydrogen) atoms. The van der Waals surface area contributed by atoms with Gasteiger partial charge >= 0.3 is 0 Å². The normalized spacial score (nSPS) is 15.4. The summed E-state index contributed by atoms with van der Waals surface area (Å²) in [5, 5.41) is 4.83. The standard InChI is InChI=1S/C29H34N8/c1-4-25(33-27-23(20(2)32-29(30)35-27)13-12-22-10-7-8-14-31-22)24-19-21-9-5-6-11-26(21)34-28(24)37-17-15-36(3)16-18-37/h5-14,19,25H,4,15-18H2,1-3H3,(H3,30,32,33,35). The van der Waals surface area contributed by atoms with E-state index in [9.17, 15) is 0 Å². The zero-order valence-electron chi connectivity index (χ0n) is 21.7. The molecule has 0 radical (unpaired) electrons. The number of aryl methyl sites for hydroxylation is 1. The van der Waals surface area contributed by atoms with E-state index >= 15 is 0 Å². The molecule has 0 aliphatic carbocycles. The van der Waals surface area contributed by atoms with Gasteiger partial charge in [-0.3, -0.25) is 4.98 Å². The lowest BCUT2D eigenvalue weighted by Gasteiger charge is -2.35. The fourth-order valence-electron chi connectivity index (χ4n) is 4.77. The summed E-state index contributed by atoms with van der Waals surface area (Å²) in [6.07, 6.45) is 6.62. The molecule has 1 aliphatic rings. The van der Waals surface area contributed by atoms with Crippen LogP contribution >= 0.6 is 0 Å². The first-order valence-corrected chi connectivity index (χ1v) is 12.8. The van der Waals surface area contributed by atoms with Gasteiger partial charge in [0.15, 0.2) is 0 Å². The van der Waals surface area contributed by atoms with Crippen molar-refractivity contribution in [3.63, 3.8) is 0 Å². The lowest BCUT2D eigenvalue weighted by atomic mass is 10.0. The molecule has 8 heteroatoms. The van der Waals surface area contributed by atoms with Gasteiger partial charge in [-0.2, -0.15) is 4.98 Å². The third-order valence-corrected chi connectivity index (χ3v) is 6.89. The van der Waals surface area contributed by atoms with Crippen LogP contribution in [-0.2, 0) is 0 Å². The van der Waals surface area contributed by atoms with Crippen LogP contribution in [0.25, 0.3) is 23.1 Å². The van der Waals surface area contributed by atoms with E-state index in [4.69, 9.17) is 10.7 Å². The summed E-state index contributed by atoms with van der Waals surface area (Å²) in [4.78, 5) is 23.4. The molecule has 8 nitrogen and oxygen atoms in total. The number of para-hydroxylation sites is 1. The Bertz CT molecular complexity index is 1390. The number of benzene rings is 1. The molecule has 3 N–H and O–H groups in total. The van der Waals surface area contributed by atoms with Gasteiger partial charge in [0.1, 0.15) is 11.6 Å². The molecule has 0 amide bonds. The van der Waals surface area contributed by atoms with E-state index in [1.165, 1.54) is 5.56 Å². The maximum absolute atomic E-state index is 6.10. The SMILES string of the molecule is CCC(Nc1nc(N)nc(C)c1C=Cc1ccccn1)c1cc2ccccc2nc1N1CCN(C)CC1. The summed E-state index contributed by atoms with van der Waals surface area (Å²) in [5.74, 6) is 2.00. The van der Waals surface area contributed by atoms with E-state index in [0.717, 1.165) is 66.3 Å². The van der Waals surface area contributed by atoms with Gasteiger partial charge in [-0.15, -0.1) is 0 Å². The van der Waals surface area contributed by atoms with Crippen LogP contribution in [0, 0.1) is 6.92 Å². The van der Waals surface area contributed by atoms with Crippen LogP contribution in [0.5, 0.6) is 0 Å². The third-order valence-electron chi connectivity index (χ3n) is 6.89. The van der Waals surface area contributed by atoms with E-state index in [0.29, 0.717) is 5.82 Å². The predicted molar refractivity (Wildman–Crippen MR) is 152 cm³/mol. The number of piperazine rings is 1. The first-order chi connectivity index (χ1) is 18.0. The lowest BCUT2D eigenvalue weighted by Crippen LogP contribution is -2.45. The summed E-state index contributed by atoms with van der Waals surface area (Å²) in [5.41, 5.74) is 10.9. The molecule has 4 aromatic rings. The summed E-state index contributed by atoms with van der Waals surface area (Å²) >= 11 is 0. The molecule has 0 bridgehead atoms. The van der Waals surface area contributed by atoms with Crippen LogP contribution in [0.4, 0.5) is 17.6 Å². The molecule has 0 saturated carbocycles. The summed E-state index contributed by atoms with van der Waals surface area (Å²) < 4.78 is 0. The molecule has 5 rings (SSSR count). The van der Waals surface area contributed by atoms with Crippen molar-refractivity contribution in [3.8, 4) is 0 Å². The highest BCUT2D eigenvalue weighted by atomic mass is 15.3. The van der Waals surface area contributed by atoms with Crippen molar-refractivity contribution >= 4 is 40.6 Å². The minimum absolute atomic E-state index is 0.0116. The van der Waals surface area contributed by atoms with Crippen LogP contribution in [0.2, 0.25) is 0 Å². The number of nitrogens with one attached hydrogen (secondary N) is 1. The fraction of sp³-hybridized carbons (Fsp3) is 0.310. The van der Waals surface area contributed by atoms with Gasteiger partial charge in [-0.1, -0.05) is 31.2 Å². The first-order valence-electron chi connectivity index (χ1n) is 12.8. The Kier molecular flexibility index (Phi) is 7.28. The predicted octanol–water partition coefficient (Wildman–Crippen LogP) is 4.80. The Morgan fingerprint density at radius 3 is 2.54 bits per heavy atom. The average molecular weight is 495 g/mol. The number of nitrogens with two attached hydrogens (primary N) is 1. The number of anilines is 3. The second-order valence-electron chi connectivity index (χ2n) is 9.51. The van der Waals surface area contributed by atoms with E-state index in [2.05, 4.69) is 68.3 Å². The van der Waals surface area contributed by atoms with Crippen LogP contribution in [0.15, 0.2) is 54.7 Å². The number of hydrogen-bond acceptors (Lipinski definition) is 8. The molecule has 1 fully saturated rings. The van der Waals surface area contributed by atoms with Crippen molar-refractivity contribution in [2.45, 2.75) is 26.3 Å². The Labute approximate surface area is 218 Å². The van der Waals surface area contributed by atoms with Crippen molar-refractivity contribution in [1.29, 1.82) is 0 Å². The first kappa shape index (κ1) is 24.6. The van der Waals surface area contributed by atoms with Gasteiger partial charge in [-0.05, 0) is 56.8 Å². The number of rotatable bonds is 7. The fourth-order valence-corrected chi connectivity index (χ4v) is 4.77. The van der Waals surface area contributed by atoms with E-state index in [1.54, 1.807) is 6.20 Å². The van der Waals surface area contributed by atoms with Gasteiger partial charge in [0.05, 0.1) is 22.9 Å².